The van der Waals surface area contributed by atoms with E-state index in [1.165, 1.54) is 283 Å². The van der Waals surface area contributed by atoms with Crippen LogP contribution in [0, 0.1) is 109 Å². The molecule has 0 bridgehead atoms. The Labute approximate surface area is 785 Å². The number of carboxylic acids is 1. The van der Waals surface area contributed by atoms with Crippen molar-refractivity contribution in [2.75, 3.05) is 37.1 Å². The third kappa shape index (κ3) is 36.0. The number of allylic oxidation sites excluding steroid dienone is 8. The number of hydrogen-bond acceptors (Lipinski definition) is 9. The molecule has 8 aliphatic rings. The fraction of sp³-hybridized carbons (Fsp3) is 0.909. The second-order valence-electron chi connectivity index (χ2n) is 45.7. The third-order valence-corrected chi connectivity index (χ3v) is 38.6. The van der Waals surface area contributed by atoms with Crippen LogP contribution in [0.2, 0.25) is 26.2 Å². The molecule has 8 saturated carbocycles. The number of carboxylic acid groups (broad SMARTS) is 1. The lowest BCUT2D eigenvalue weighted by molar-refractivity contribution is -0.170. The van der Waals surface area contributed by atoms with Crippen molar-refractivity contribution in [1.82, 2.24) is 0 Å². The summed E-state index contributed by atoms with van der Waals surface area (Å²) in [5, 5.41) is 12.0. The van der Waals surface area contributed by atoms with Crippen LogP contribution in [-0.2, 0) is 41.5 Å². The molecule has 1 N–H and O–H groups in total. The molecule has 8 fully saturated rings. The molecule has 0 radical (unpaired) electrons. The summed E-state index contributed by atoms with van der Waals surface area (Å²) in [6.45, 7) is 42.3. The van der Waals surface area contributed by atoms with E-state index >= 15 is 0 Å². The van der Waals surface area contributed by atoms with Gasteiger partial charge in [-0.25, -0.2) is 0 Å². The lowest BCUT2D eigenvalue weighted by Crippen LogP contribution is -2.54. The quantitative estimate of drug-likeness (QED) is 0.0157. The van der Waals surface area contributed by atoms with Gasteiger partial charge in [0.05, 0.1) is 10.8 Å². The van der Waals surface area contributed by atoms with E-state index in [1.54, 1.807) is 0 Å². The van der Waals surface area contributed by atoms with E-state index in [9.17, 15) is 14.7 Å². The van der Waals surface area contributed by atoms with Crippen molar-refractivity contribution in [3.63, 3.8) is 0 Å². The van der Waals surface area contributed by atoms with Crippen molar-refractivity contribution >= 4 is 60.9 Å². The highest BCUT2D eigenvalue weighted by atomic mass is 79.9. The molecule has 14 heteroatoms. The summed E-state index contributed by atoms with van der Waals surface area (Å²) < 4.78 is 46.2. The fourth-order valence-electron chi connectivity index (χ4n) is 26.5. The first kappa shape index (κ1) is 110. The van der Waals surface area contributed by atoms with Gasteiger partial charge in [0.1, 0.15) is 18.7 Å². The van der Waals surface area contributed by atoms with Gasteiger partial charge in [0, 0.05) is 37.1 Å². The maximum Gasteiger partial charge on any atom is 0.333 e. The molecular weight excluding hydrogens is 1700 g/mol. The van der Waals surface area contributed by atoms with Crippen LogP contribution < -0.4 is 0 Å². The molecule has 8 rings (SSSR count). The van der Waals surface area contributed by atoms with Gasteiger partial charge in [-0.3, -0.25) is 9.59 Å². The second kappa shape index (κ2) is 57.1. The summed E-state index contributed by atoms with van der Waals surface area (Å²) in [4.78, 5) is 24.7. The van der Waals surface area contributed by atoms with E-state index in [4.69, 9.17) is 31.9 Å². The number of esters is 1. The Morgan fingerprint density at radius 1 is 0.419 bits per heavy atom. The average molecular weight is 1900 g/mol. The van der Waals surface area contributed by atoms with E-state index in [0.29, 0.717) is 45.3 Å². The minimum Gasteiger partial charge on any atom is -0.481 e. The second-order valence-corrected chi connectivity index (χ2v) is 53.9. The standard InChI is InChI=1S/2C55H99BrO5Si/c1-10-11-12-13-14-15-16-17-18-19-20-21-22-23-25-28-41-58-51(61-62(8,9)59-42-29-26-24-27-40-56)35-30-44(2)48-33-34-49-47-32-31-45-43-46(60-52(57)53(3,4)5)36-38-54(45,6)50(47)37-39-55(48,49)7;1-9-10-11-12-13-14-15-16-17-18-19-20-21-22-24-27-40-59-51(61-62(7,8)60-41-28-25-23-26-39-56)34-29-44(2)48-32-33-49-47-31-30-46-42-45(43-53(3,4)52(57)58)35-37-54(46,5)50(47)36-38-55(48,49)6/h14-15,17-18,44-51H,10-13,16,19-43H2,1-9H3;13-14,16-17,44-51H,9-12,15,18-43H2,1-8H3,(H,57,58)/b15-14-,18-17-;14-13-,17-16-/t44-,45?,46-,47?,48?,49?,50?,51?,54+,55-;44-,45-,46?,47?,48?,49?,50?,51?,54+,55-/m11/s1. The molecule has 0 aromatic carbocycles. The number of hydrogen-bond donors (Lipinski definition) is 1. The highest BCUT2D eigenvalue weighted by molar-refractivity contribution is 9.09. The molecule has 8 aliphatic carbocycles. The largest absolute Gasteiger partial charge is 0.481 e. The lowest BCUT2D eigenvalue weighted by Gasteiger charge is -2.61. The molecule has 0 heterocycles. The van der Waals surface area contributed by atoms with Crippen molar-refractivity contribution < 1.29 is 46.6 Å². The maximum absolute atomic E-state index is 12.8. The first-order chi connectivity index (χ1) is 59.3. The lowest BCUT2D eigenvalue weighted by atomic mass is 9.43. The Morgan fingerprint density at radius 3 is 1.19 bits per heavy atom. The Bertz CT molecular complexity index is 3020. The number of halogens is 2. The number of alkyl halides is 2. The minimum atomic E-state index is -2.33. The number of carbonyl (C=O) groups excluding carboxylic acids is 1. The fourth-order valence-corrected chi connectivity index (χ4v) is 30.4. The van der Waals surface area contributed by atoms with Crippen LogP contribution in [0.1, 0.15) is 443 Å². The van der Waals surface area contributed by atoms with Crippen LogP contribution in [0.25, 0.3) is 0 Å². The number of ether oxygens (including phenoxy) is 3. The van der Waals surface area contributed by atoms with Gasteiger partial charge in [-0.2, -0.15) is 0 Å². The molecule has 12 unspecified atom stereocenters. The zero-order valence-electron chi connectivity index (χ0n) is 83.9. The zero-order valence-corrected chi connectivity index (χ0v) is 89.0. The van der Waals surface area contributed by atoms with E-state index in [1.807, 2.05) is 34.6 Å². The van der Waals surface area contributed by atoms with Gasteiger partial charge in [-0.05, 0) is 410 Å². The molecule has 124 heavy (non-hydrogen) atoms. The molecule has 0 spiro atoms. The Morgan fingerprint density at radius 2 is 0.782 bits per heavy atom. The summed E-state index contributed by atoms with van der Waals surface area (Å²) in [5.41, 5.74) is 0.676. The van der Waals surface area contributed by atoms with Gasteiger partial charge >= 0.3 is 29.1 Å². The number of carbonyl (C=O) groups is 2. The molecule has 0 aromatic rings. The highest BCUT2D eigenvalue weighted by Crippen LogP contribution is 2.71. The van der Waals surface area contributed by atoms with Crippen LogP contribution in [0.5, 0.6) is 0 Å². The van der Waals surface area contributed by atoms with E-state index in [0.717, 1.165) is 161 Å². The third-order valence-electron chi connectivity index (χ3n) is 34.0. The van der Waals surface area contributed by atoms with Crippen molar-refractivity contribution in [1.29, 1.82) is 0 Å². The summed E-state index contributed by atoms with van der Waals surface area (Å²) in [6.07, 6.45) is 87.3. The smallest absolute Gasteiger partial charge is 0.333 e. The normalized spacial score (nSPS) is 30.1. The molecule has 20 atom stereocenters. The molecule has 0 aliphatic heterocycles. The van der Waals surface area contributed by atoms with Crippen LogP contribution in [-0.4, -0.2) is 89.9 Å². The van der Waals surface area contributed by atoms with E-state index < -0.39 is 33.9 Å². The van der Waals surface area contributed by atoms with Crippen LogP contribution in [0.3, 0.4) is 0 Å². The molecule has 720 valence electrons. The van der Waals surface area contributed by atoms with Gasteiger partial charge in [-0.1, -0.05) is 239 Å². The topological polar surface area (TPSA) is 119 Å². The first-order valence-corrected chi connectivity index (χ1v) is 61.2. The first-order valence-electron chi connectivity index (χ1n) is 53.3. The molecule has 0 saturated heterocycles. The van der Waals surface area contributed by atoms with Crippen molar-refractivity contribution in [2.45, 2.75) is 488 Å². The van der Waals surface area contributed by atoms with Gasteiger partial charge in [-0.15, -0.1) is 0 Å². The monoisotopic (exact) mass is 1890 g/mol. The number of rotatable bonds is 62. The predicted octanol–water partition coefficient (Wildman–Crippen LogP) is 33.9. The van der Waals surface area contributed by atoms with Gasteiger partial charge in [0.2, 0.25) is 0 Å². The molecular formula is C110H198Br2O10Si2. The van der Waals surface area contributed by atoms with Gasteiger partial charge in [0.25, 0.3) is 0 Å². The summed E-state index contributed by atoms with van der Waals surface area (Å²) >= 11 is 7.14. The summed E-state index contributed by atoms with van der Waals surface area (Å²) in [7, 11) is -4.65. The van der Waals surface area contributed by atoms with E-state index in [2.05, 4.69) is 162 Å². The van der Waals surface area contributed by atoms with Crippen molar-refractivity contribution in [3.05, 3.63) is 48.6 Å². The number of fused-ring (bicyclic) bond motifs is 10. The summed E-state index contributed by atoms with van der Waals surface area (Å²) in [5.74, 6) is 9.38. The van der Waals surface area contributed by atoms with Crippen LogP contribution >= 0.6 is 31.9 Å². The molecule has 10 nitrogen and oxygen atoms in total. The van der Waals surface area contributed by atoms with Gasteiger partial charge < -0.3 is 37.0 Å². The Balaban J connectivity index is 0.000000341. The zero-order chi connectivity index (χ0) is 90.1. The Hall–Kier alpha value is -0.946. The predicted molar refractivity (Wildman–Crippen MR) is 538 cm³/mol. The van der Waals surface area contributed by atoms with Crippen molar-refractivity contribution in [3.8, 4) is 0 Å². The summed E-state index contributed by atoms with van der Waals surface area (Å²) in [6, 6.07) is 0. The van der Waals surface area contributed by atoms with Crippen LogP contribution in [0.4, 0.5) is 0 Å². The SMILES string of the molecule is CCCCC/C=C\C/C=C\CCCCCCCCOC(CC[C@@H](C)C1CCC2C3CCC4C[C@H](CC(C)(C)C(=O)O)CC[C@]4(C)C3CC[C@@]21C)O[Si](C)(C)OCCCCCCBr.CCCCC/C=C\C/C=C\CCCCCCCCOC(CC[C@@H](C)C1CCC2C3CCC4C[C@H](OC(=O)C(C)(C)C)CC[C@]4(C)C3CC[C@@]21C)O[Si](C)(C)OCCCCCCBr. The van der Waals surface area contributed by atoms with Crippen LogP contribution in [0.15, 0.2) is 48.6 Å². The number of aliphatic carboxylic acids is 1. The van der Waals surface area contributed by atoms with E-state index in [-0.39, 0.29) is 24.7 Å². The molecule has 0 amide bonds. The van der Waals surface area contributed by atoms with Gasteiger partial charge in [0.15, 0.2) is 0 Å². The highest BCUT2D eigenvalue weighted by Gasteiger charge is 2.63. The van der Waals surface area contributed by atoms with Crippen molar-refractivity contribution in [2.24, 2.45) is 109 Å². The minimum absolute atomic E-state index is 0.0258. The average Bonchev–Trinajstić information content (AvgIpc) is 1.38. The molecule has 0 aromatic heterocycles. The maximum atomic E-state index is 12.8. The Kier molecular flexibility index (Phi) is 50.6. The number of unbranched alkanes of at least 4 members (excludes halogenated alkanes) is 24.